The predicted octanol–water partition coefficient (Wildman–Crippen LogP) is 2.25. The molecule has 1 saturated heterocycles. The lowest BCUT2D eigenvalue weighted by molar-refractivity contribution is -0.383. The third kappa shape index (κ3) is 3.21. The van der Waals surface area contributed by atoms with Crippen LogP contribution in [0.25, 0.3) is 0 Å². The van der Waals surface area contributed by atoms with Gasteiger partial charge in [-0.3, -0.25) is 19.7 Å². The Labute approximate surface area is 125 Å². The maximum atomic E-state index is 11.5. The normalized spacial score (nSPS) is 15.8. The second kappa shape index (κ2) is 6.21. The van der Waals surface area contributed by atoms with Crippen molar-refractivity contribution < 1.29 is 19.2 Å². The van der Waals surface area contributed by atoms with Gasteiger partial charge < -0.3 is 9.64 Å². The van der Waals surface area contributed by atoms with Gasteiger partial charge >= 0.3 is 11.7 Å². The van der Waals surface area contributed by atoms with Crippen LogP contribution in [0.1, 0.15) is 29.4 Å². The number of ketones is 1. The number of ether oxygens (including phenoxy) is 1. The van der Waals surface area contributed by atoms with Crippen LogP contribution in [0.5, 0.6) is 0 Å². The van der Waals surface area contributed by atoms with E-state index < -0.39 is 4.92 Å². The number of nitro groups is 1. The van der Waals surface area contributed by atoms with Gasteiger partial charge in [0.25, 0.3) is 0 Å². The summed E-state index contributed by atoms with van der Waals surface area (Å²) >= 11 is 1.14. The SMILES string of the molecule is COC(=O)C1CCN(c2sc(C(C)=O)cc2[N+](=O)[O-])CC1. The molecular formula is C13H16N2O5S. The quantitative estimate of drug-likeness (QED) is 0.366. The van der Waals surface area contributed by atoms with Gasteiger partial charge in [-0.2, -0.15) is 0 Å². The number of anilines is 1. The number of piperidine rings is 1. The van der Waals surface area contributed by atoms with Crippen molar-refractivity contribution in [2.24, 2.45) is 5.92 Å². The zero-order chi connectivity index (χ0) is 15.6. The summed E-state index contributed by atoms with van der Waals surface area (Å²) in [6.45, 7) is 2.47. The number of hydrogen-bond donors (Lipinski definition) is 0. The van der Waals surface area contributed by atoms with Crippen molar-refractivity contribution in [3.05, 3.63) is 21.1 Å². The number of methoxy groups -OCH3 is 1. The third-order valence-electron chi connectivity index (χ3n) is 3.55. The molecule has 0 saturated carbocycles. The first-order chi connectivity index (χ1) is 9.93. The molecule has 0 atom stereocenters. The van der Waals surface area contributed by atoms with Crippen molar-refractivity contribution in [1.82, 2.24) is 0 Å². The lowest BCUT2D eigenvalue weighted by Crippen LogP contribution is -2.36. The predicted molar refractivity (Wildman–Crippen MR) is 77.9 cm³/mol. The highest BCUT2D eigenvalue weighted by Crippen LogP contribution is 2.39. The monoisotopic (exact) mass is 312 g/mol. The van der Waals surface area contributed by atoms with Gasteiger partial charge in [0.2, 0.25) is 0 Å². The molecule has 0 aliphatic carbocycles. The molecule has 7 nitrogen and oxygen atoms in total. The molecule has 0 bridgehead atoms. The fourth-order valence-corrected chi connectivity index (χ4v) is 3.46. The van der Waals surface area contributed by atoms with Gasteiger partial charge in [0.15, 0.2) is 10.8 Å². The maximum absolute atomic E-state index is 11.5. The molecule has 0 N–H and O–H groups in total. The fraction of sp³-hybridized carbons (Fsp3) is 0.538. The van der Waals surface area contributed by atoms with Crippen LogP contribution in [0.3, 0.4) is 0 Å². The standard InChI is InChI=1S/C13H16N2O5S/c1-8(16)11-7-10(15(18)19)12(21-11)14-5-3-9(4-6-14)13(17)20-2/h7,9H,3-6H2,1-2H3. The van der Waals surface area contributed by atoms with E-state index in [0.717, 1.165) is 11.3 Å². The largest absolute Gasteiger partial charge is 0.469 e. The molecule has 2 rings (SSSR count). The molecule has 8 heteroatoms. The zero-order valence-corrected chi connectivity index (χ0v) is 12.6. The first-order valence-electron chi connectivity index (χ1n) is 6.56. The van der Waals surface area contributed by atoms with Crippen molar-refractivity contribution in [1.29, 1.82) is 0 Å². The molecule has 2 heterocycles. The first-order valence-corrected chi connectivity index (χ1v) is 7.37. The maximum Gasteiger partial charge on any atom is 0.308 e. The molecule has 0 spiro atoms. The highest BCUT2D eigenvalue weighted by Gasteiger charge is 2.31. The molecule has 1 aliphatic heterocycles. The van der Waals surface area contributed by atoms with E-state index in [1.807, 2.05) is 4.90 Å². The summed E-state index contributed by atoms with van der Waals surface area (Å²) in [5.74, 6) is -0.573. The molecule has 1 aliphatic rings. The van der Waals surface area contributed by atoms with E-state index in [-0.39, 0.29) is 23.4 Å². The number of carbonyl (C=O) groups excluding carboxylic acids is 2. The number of nitrogens with zero attached hydrogens (tertiary/aromatic N) is 2. The molecule has 1 aromatic heterocycles. The molecule has 1 aromatic rings. The number of carbonyl (C=O) groups is 2. The highest BCUT2D eigenvalue weighted by atomic mass is 32.1. The number of esters is 1. The van der Waals surface area contributed by atoms with Crippen LogP contribution >= 0.6 is 11.3 Å². The summed E-state index contributed by atoms with van der Waals surface area (Å²) in [5.41, 5.74) is -0.0401. The Hall–Kier alpha value is -1.96. The lowest BCUT2D eigenvalue weighted by Gasteiger charge is -2.30. The van der Waals surface area contributed by atoms with Crippen LogP contribution in [-0.2, 0) is 9.53 Å². The van der Waals surface area contributed by atoms with Gasteiger partial charge in [0.1, 0.15) is 0 Å². The molecule has 0 amide bonds. The second-order valence-electron chi connectivity index (χ2n) is 4.90. The summed E-state index contributed by atoms with van der Waals surface area (Å²) in [6.07, 6.45) is 1.19. The molecule has 0 unspecified atom stereocenters. The van der Waals surface area contributed by atoms with Crippen LogP contribution < -0.4 is 4.90 Å². The minimum absolute atomic E-state index is 0.0401. The van der Waals surface area contributed by atoms with Crippen molar-refractivity contribution in [2.45, 2.75) is 19.8 Å². The molecular weight excluding hydrogens is 296 g/mol. The van der Waals surface area contributed by atoms with Gasteiger partial charge in [-0.25, -0.2) is 0 Å². The van der Waals surface area contributed by atoms with E-state index in [0.29, 0.717) is 35.8 Å². The van der Waals surface area contributed by atoms with Crippen molar-refractivity contribution in [3.8, 4) is 0 Å². The Bertz CT molecular complexity index is 575. The Balaban J connectivity index is 2.18. The summed E-state index contributed by atoms with van der Waals surface area (Å²) < 4.78 is 4.72. The van der Waals surface area contributed by atoms with Crippen molar-refractivity contribution >= 4 is 33.8 Å². The van der Waals surface area contributed by atoms with Crippen LogP contribution in [0.2, 0.25) is 0 Å². The van der Waals surface area contributed by atoms with E-state index in [9.17, 15) is 19.7 Å². The summed E-state index contributed by atoms with van der Waals surface area (Å²) in [7, 11) is 1.36. The smallest absolute Gasteiger partial charge is 0.308 e. The second-order valence-corrected chi connectivity index (χ2v) is 5.93. The number of Topliss-reactive ketones (excluding diaryl/α,β-unsaturated/α-hetero) is 1. The Morgan fingerprint density at radius 3 is 2.52 bits per heavy atom. The molecule has 21 heavy (non-hydrogen) atoms. The van der Waals surface area contributed by atoms with Crippen LogP contribution in [0.15, 0.2) is 6.07 Å². The average molecular weight is 312 g/mol. The topological polar surface area (TPSA) is 89.8 Å². The Kier molecular flexibility index (Phi) is 4.56. The van der Waals surface area contributed by atoms with Crippen molar-refractivity contribution in [2.75, 3.05) is 25.1 Å². The average Bonchev–Trinajstić information content (AvgIpc) is 2.92. The van der Waals surface area contributed by atoms with Gasteiger partial charge in [0.05, 0.1) is 22.8 Å². The van der Waals surface area contributed by atoms with Crippen LogP contribution in [-0.4, -0.2) is 36.9 Å². The lowest BCUT2D eigenvalue weighted by atomic mass is 9.97. The van der Waals surface area contributed by atoms with Crippen molar-refractivity contribution in [3.63, 3.8) is 0 Å². The highest BCUT2D eigenvalue weighted by molar-refractivity contribution is 7.18. The summed E-state index contributed by atoms with van der Waals surface area (Å²) in [6, 6.07) is 1.33. The number of thiophene rings is 1. The van der Waals surface area contributed by atoms with E-state index in [4.69, 9.17) is 4.74 Å². The molecule has 0 aromatic carbocycles. The minimum atomic E-state index is -0.468. The summed E-state index contributed by atoms with van der Waals surface area (Å²) in [4.78, 5) is 35.8. The van der Waals surface area contributed by atoms with Gasteiger partial charge in [-0.05, 0) is 19.8 Å². The minimum Gasteiger partial charge on any atom is -0.469 e. The van der Waals surface area contributed by atoms with E-state index in [1.165, 1.54) is 20.1 Å². The molecule has 1 fully saturated rings. The van der Waals surface area contributed by atoms with Gasteiger partial charge in [0, 0.05) is 19.2 Å². The number of rotatable bonds is 4. The van der Waals surface area contributed by atoms with Crippen LogP contribution in [0, 0.1) is 16.0 Å². The molecule has 114 valence electrons. The fourth-order valence-electron chi connectivity index (χ4n) is 2.39. The zero-order valence-electron chi connectivity index (χ0n) is 11.8. The van der Waals surface area contributed by atoms with Crippen LogP contribution in [0.4, 0.5) is 10.7 Å². The number of hydrogen-bond acceptors (Lipinski definition) is 7. The van der Waals surface area contributed by atoms with E-state index in [1.54, 1.807) is 0 Å². The third-order valence-corrected chi connectivity index (χ3v) is 4.84. The molecule has 0 radical (unpaired) electrons. The van der Waals surface area contributed by atoms with Gasteiger partial charge in [-0.15, -0.1) is 11.3 Å². The Morgan fingerprint density at radius 1 is 1.43 bits per heavy atom. The first kappa shape index (κ1) is 15.4. The Morgan fingerprint density at radius 2 is 2.05 bits per heavy atom. The van der Waals surface area contributed by atoms with E-state index >= 15 is 0 Å². The van der Waals surface area contributed by atoms with Gasteiger partial charge in [-0.1, -0.05) is 0 Å². The van der Waals surface area contributed by atoms with E-state index in [2.05, 4.69) is 0 Å². The summed E-state index contributed by atoms with van der Waals surface area (Å²) in [5, 5.41) is 11.6.